The molecule has 1 aromatic carbocycles. The Bertz CT molecular complexity index is 723. The average Bonchev–Trinajstić information content (AvgIpc) is 2.74. The van der Waals surface area contributed by atoms with Gasteiger partial charge in [0.05, 0.1) is 19.0 Å². The summed E-state index contributed by atoms with van der Waals surface area (Å²) < 4.78 is 5.22. The van der Waals surface area contributed by atoms with E-state index in [1.807, 2.05) is 24.3 Å². The van der Waals surface area contributed by atoms with Crippen LogP contribution in [0.5, 0.6) is 5.75 Å². The first-order valence-electron chi connectivity index (χ1n) is 9.59. The van der Waals surface area contributed by atoms with Crippen molar-refractivity contribution >= 4 is 17.3 Å². The van der Waals surface area contributed by atoms with E-state index in [9.17, 15) is 4.79 Å². The van der Waals surface area contributed by atoms with Crippen molar-refractivity contribution in [3.05, 3.63) is 48.3 Å². The van der Waals surface area contributed by atoms with Crippen molar-refractivity contribution in [1.29, 1.82) is 0 Å². The predicted molar refractivity (Wildman–Crippen MR) is 109 cm³/mol. The molecule has 0 aliphatic carbocycles. The smallest absolute Gasteiger partial charge is 0.269 e. The third-order valence-electron chi connectivity index (χ3n) is 4.88. The summed E-state index contributed by atoms with van der Waals surface area (Å²) in [6, 6.07) is 12.0. The summed E-state index contributed by atoms with van der Waals surface area (Å²) >= 11 is 0. The summed E-state index contributed by atoms with van der Waals surface area (Å²) in [4.78, 5) is 21.1. The Hall–Kier alpha value is -2.76. The Morgan fingerprint density at radius 1 is 1.04 bits per heavy atom. The van der Waals surface area contributed by atoms with E-state index in [0.717, 1.165) is 50.5 Å². The highest BCUT2D eigenvalue weighted by molar-refractivity contribution is 5.92. The molecule has 1 aliphatic heterocycles. The van der Waals surface area contributed by atoms with Crippen LogP contribution in [-0.4, -0.2) is 50.7 Å². The molecular formula is C21H28N4O2. The highest BCUT2D eigenvalue weighted by Gasteiger charge is 2.18. The van der Waals surface area contributed by atoms with Gasteiger partial charge in [-0.2, -0.15) is 0 Å². The van der Waals surface area contributed by atoms with E-state index in [4.69, 9.17) is 4.74 Å². The molecule has 1 fully saturated rings. The second kappa shape index (κ2) is 9.26. The Kier molecular flexibility index (Phi) is 6.52. The van der Waals surface area contributed by atoms with Crippen LogP contribution in [0.15, 0.2) is 42.6 Å². The fourth-order valence-electron chi connectivity index (χ4n) is 3.19. The minimum Gasteiger partial charge on any atom is -0.497 e. The minimum absolute atomic E-state index is 0.0978. The Labute approximate surface area is 161 Å². The van der Waals surface area contributed by atoms with E-state index in [0.29, 0.717) is 12.2 Å². The lowest BCUT2D eigenvalue weighted by Gasteiger charge is -2.37. The van der Waals surface area contributed by atoms with Gasteiger partial charge in [0.15, 0.2) is 0 Å². The van der Waals surface area contributed by atoms with Gasteiger partial charge in [0.2, 0.25) is 0 Å². The van der Waals surface area contributed by atoms with Crippen molar-refractivity contribution in [3.8, 4) is 5.75 Å². The molecule has 0 radical (unpaired) electrons. The molecule has 1 aliphatic rings. The van der Waals surface area contributed by atoms with Gasteiger partial charge in [0.1, 0.15) is 11.4 Å². The number of hydrogen-bond donors (Lipinski definition) is 1. The second-order valence-electron chi connectivity index (χ2n) is 6.68. The minimum atomic E-state index is -0.0978. The third-order valence-corrected chi connectivity index (χ3v) is 4.88. The van der Waals surface area contributed by atoms with Crippen molar-refractivity contribution in [2.75, 3.05) is 49.6 Å². The molecule has 0 atom stereocenters. The van der Waals surface area contributed by atoms with Crippen LogP contribution in [0.4, 0.5) is 11.4 Å². The first-order chi connectivity index (χ1) is 13.2. The Morgan fingerprint density at radius 2 is 1.67 bits per heavy atom. The maximum atomic E-state index is 12.0. The van der Waals surface area contributed by atoms with Crippen LogP contribution >= 0.6 is 0 Å². The molecule has 6 heteroatoms. The number of methoxy groups -OCH3 is 1. The number of aromatic nitrogens is 1. The molecule has 0 saturated carbocycles. The zero-order valence-corrected chi connectivity index (χ0v) is 16.1. The van der Waals surface area contributed by atoms with Crippen molar-refractivity contribution < 1.29 is 9.53 Å². The average molecular weight is 368 g/mol. The van der Waals surface area contributed by atoms with Gasteiger partial charge in [-0.25, -0.2) is 4.98 Å². The molecule has 1 N–H and O–H groups in total. The van der Waals surface area contributed by atoms with E-state index in [-0.39, 0.29) is 5.91 Å². The normalized spacial score (nSPS) is 14.1. The van der Waals surface area contributed by atoms with E-state index in [2.05, 4.69) is 39.2 Å². The number of rotatable bonds is 7. The summed E-state index contributed by atoms with van der Waals surface area (Å²) in [6.07, 6.45) is 3.86. The first kappa shape index (κ1) is 19.0. The van der Waals surface area contributed by atoms with Gasteiger partial charge in [0.25, 0.3) is 5.91 Å². The fraction of sp³-hybridized carbons (Fsp3) is 0.429. The molecule has 27 heavy (non-hydrogen) atoms. The number of anilines is 2. The predicted octanol–water partition coefficient (Wildman–Crippen LogP) is 2.95. The maximum absolute atomic E-state index is 12.0. The number of hydrogen-bond acceptors (Lipinski definition) is 5. The summed E-state index contributed by atoms with van der Waals surface area (Å²) in [5.74, 6) is 0.779. The van der Waals surface area contributed by atoms with E-state index < -0.39 is 0 Å². The third kappa shape index (κ3) is 4.90. The van der Waals surface area contributed by atoms with Gasteiger partial charge in [-0.1, -0.05) is 13.3 Å². The summed E-state index contributed by atoms with van der Waals surface area (Å²) in [5, 5.41) is 2.90. The molecule has 1 aromatic heterocycles. The van der Waals surface area contributed by atoms with Crippen LogP contribution in [0, 0.1) is 0 Å². The van der Waals surface area contributed by atoms with Gasteiger partial charge in [-0.15, -0.1) is 0 Å². The lowest BCUT2D eigenvalue weighted by Crippen LogP contribution is -2.46. The number of ether oxygens (including phenoxy) is 1. The number of amides is 1. The second-order valence-corrected chi connectivity index (χ2v) is 6.68. The van der Waals surface area contributed by atoms with Crippen LogP contribution in [0.3, 0.4) is 0 Å². The number of carbonyl (C=O) groups excluding carboxylic acids is 1. The number of piperazine rings is 1. The van der Waals surface area contributed by atoms with Gasteiger partial charge in [-0.3, -0.25) is 4.79 Å². The molecule has 0 unspecified atom stereocenters. The summed E-state index contributed by atoms with van der Waals surface area (Å²) in [6.45, 7) is 6.56. The molecule has 2 aromatic rings. The van der Waals surface area contributed by atoms with E-state index in [1.165, 1.54) is 5.69 Å². The van der Waals surface area contributed by atoms with Crippen molar-refractivity contribution in [2.45, 2.75) is 19.8 Å². The van der Waals surface area contributed by atoms with Crippen LogP contribution in [0.2, 0.25) is 0 Å². The van der Waals surface area contributed by atoms with Crippen LogP contribution in [0.1, 0.15) is 30.3 Å². The molecule has 1 saturated heterocycles. The topological polar surface area (TPSA) is 57.7 Å². The highest BCUT2D eigenvalue weighted by Crippen LogP contribution is 2.22. The quantitative estimate of drug-likeness (QED) is 0.762. The molecule has 0 bridgehead atoms. The molecule has 6 nitrogen and oxygen atoms in total. The lowest BCUT2D eigenvalue weighted by molar-refractivity contribution is 0.0948. The van der Waals surface area contributed by atoms with Gasteiger partial charge >= 0.3 is 0 Å². The van der Waals surface area contributed by atoms with Gasteiger partial charge in [0, 0.05) is 38.4 Å². The number of pyridine rings is 1. The van der Waals surface area contributed by atoms with Crippen molar-refractivity contribution in [2.24, 2.45) is 0 Å². The van der Waals surface area contributed by atoms with Gasteiger partial charge < -0.3 is 19.9 Å². The summed E-state index contributed by atoms with van der Waals surface area (Å²) in [5.41, 5.74) is 2.76. The number of unbranched alkanes of at least 4 members (excludes halogenated alkanes) is 1. The summed E-state index contributed by atoms with van der Waals surface area (Å²) in [7, 11) is 1.68. The Balaban J connectivity index is 1.53. The number of carbonyl (C=O) groups is 1. The van der Waals surface area contributed by atoms with Crippen LogP contribution in [-0.2, 0) is 0 Å². The standard InChI is InChI=1S/C21H28N4O2/c1-3-4-11-22-21(26)20-10-7-18(16-23-20)25-14-12-24(13-15-25)17-5-8-19(27-2)9-6-17/h5-10,16H,3-4,11-15H2,1-2H3,(H,22,26). The monoisotopic (exact) mass is 368 g/mol. The molecule has 3 rings (SSSR count). The maximum Gasteiger partial charge on any atom is 0.269 e. The van der Waals surface area contributed by atoms with Crippen molar-refractivity contribution in [3.63, 3.8) is 0 Å². The number of nitrogens with one attached hydrogen (secondary N) is 1. The lowest BCUT2D eigenvalue weighted by atomic mass is 10.2. The molecule has 1 amide bonds. The molecular weight excluding hydrogens is 340 g/mol. The number of benzene rings is 1. The molecule has 2 heterocycles. The van der Waals surface area contributed by atoms with Crippen molar-refractivity contribution in [1.82, 2.24) is 10.3 Å². The van der Waals surface area contributed by atoms with Gasteiger partial charge in [-0.05, 0) is 42.8 Å². The largest absolute Gasteiger partial charge is 0.497 e. The highest BCUT2D eigenvalue weighted by atomic mass is 16.5. The first-order valence-corrected chi connectivity index (χ1v) is 9.59. The van der Waals surface area contributed by atoms with Crippen LogP contribution < -0.4 is 19.9 Å². The Morgan fingerprint density at radius 3 is 2.22 bits per heavy atom. The molecule has 144 valence electrons. The number of nitrogens with zero attached hydrogens (tertiary/aromatic N) is 3. The van der Waals surface area contributed by atoms with E-state index in [1.54, 1.807) is 13.3 Å². The zero-order valence-electron chi connectivity index (χ0n) is 16.1. The zero-order chi connectivity index (χ0) is 19.1. The molecule has 0 spiro atoms. The van der Waals surface area contributed by atoms with E-state index >= 15 is 0 Å². The van der Waals surface area contributed by atoms with Crippen LogP contribution in [0.25, 0.3) is 0 Å². The fourth-order valence-corrected chi connectivity index (χ4v) is 3.19. The SMILES string of the molecule is CCCCNC(=O)c1ccc(N2CCN(c3ccc(OC)cc3)CC2)cn1.